The molecule has 100 valence electrons. The van der Waals surface area contributed by atoms with Gasteiger partial charge in [-0.3, -0.25) is 4.79 Å². The molecule has 5 heteroatoms. The zero-order valence-corrected chi connectivity index (χ0v) is 10.7. The minimum Gasteiger partial charge on any atom is -0.370 e. The number of amides is 1. The largest absolute Gasteiger partial charge is 0.370 e. The van der Waals surface area contributed by atoms with Gasteiger partial charge in [-0.05, 0) is 12.0 Å². The van der Waals surface area contributed by atoms with Gasteiger partial charge in [-0.2, -0.15) is 0 Å². The maximum Gasteiger partial charge on any atom is 0.242 e. The van der Waals surface area contributed by atoms with Gasteiger partial charge in [-0.15, -0.1) is 6.42 Å². The number of guanidine groups is 1. The third-order valence-corrected chi connectivity index (χ3v) is 2.34. The lowest BCUT2D eigenvalue weighted by atomic mass is 10.1. The van der Waals surface area contributed by atoms with E-state index in [1.54, 1.807) is 0 Å². The number of hydrogen-bond acceptors (Lipinski definition) is 2. The van der Waals surface area contributed by atoms with Crippen molar-refractivity contribution in [3.8, 4) is 12.3 Å². The fourth-order valence-electron chi connectivity index (χ4n) is 1.40. The van der Waals surface area contributed by atoms with Gasteiger partial charge in [0, 0.05) is 6.54 Å². The summed E-state index contributed by atoms with van der Waals surface area (Å²) in [5.41, 5.74) is 6.85. The van der Waals surface area contributed by atoms with Crippen LogP contribution in [-0.2, 0) is 11.2 Å². The fourth-order valence-corrected chi connectivity index (χ4v) is 1.40. The van der Waals surface area contributed by atoms with Crippen molar-refractivity contribution in [2.75, 3.05) is 19.6 Å². The normalized spacial score (nSPS) is 10.6. The number of nitrogens with one attached hydrogen (secondary N) is 2. The second kappa shape index (κ2) is 8.59. The standard InChI is InChI=1S/C14H18N4O/c1-2-9-16-13(19)11-18-14(15)17-10-8-12-6-4-3-5-7-12/h1,3-7H,8-11H2,(H,16,19)(H3,15,17,18). The second-order valence-electron chi connectivity index (χ2n) is 3.84. The molecule has 1 amide bonds. The van der Waals surface area contributed by atoms with Crippen molar-refractivity contribution < 1.29 is 4.79 Å². The molecule has 0 aliphatic heterocycles. The number of hydrogen-bond donors (Lipinski definition) is 3. The molecule has 1 aromatic carbocycles. The van der Waals surface area contributed by atoms with Crippen LogP contribution in [0.3, 0.4) is 0 Å². The zero-order valence-electron chi connectivity index (χ0n) is 10.7. The Labute approximate surface area is 113 Å². The van der Waals surface area contributed by atoms with E-state index in [2.05, 4.69) is 21.5 Å². The first-order chi connectivity index (χ1) is 9.22. The Morgan fingerprint density at radius 1 is 1.32 bits per heavy atom. The van der Waals surface area contributed by atoms with E-state index >= 15 is 0 Å². The van der Waals surface area contributed by atoms with Crippen molar-refractivity contribution in [2.45, 2.75) is 6.42 Å². The van der Waals surface area contributed by atoms with Crippen LogP contribution in [0.15, 0.2) is 35.3 Å². The maximum atomic E-state index is 11.2. The SMILES string of the molecule is C#CCNC(=O)CN=C(N)NCCc1ccccc1. The zero-order chi connectivity index (χ0) is 13.9. The molecule has 1 aromatic rings. The Morgan fingerprint density at radius 3 is 2.74 bits per heavy atom. The molecule has 0 spiro atoms. The molecule has 5 nitrogen and oxygen atoms in total. The molecule has 0 atom stereocenters. The number of nitrogens with two attached hydrogens (primary N) is 1. The number of aliphatic imine (C=N–C) groups is 1. The van der Waals surface area contributed by atoms with Crippen LogP contribution in [0.4, 0.5) is 0 Å². The number of terminal acetylenes is 1. The summed E-state index contributed by atoms with van der Waals surface area (Å²) in [6.45, 7) is 0.854. The molecule has 0 bridgehead atoms. The molecule has 1 rings (SSSR count). The van der Waals surface area contributed by atoms with E-state index in [0.717, 1.165) is 6.42 Å². The number of carbonyl (C=O) groups is 1. The van der Waals surface area contributed by atoms with Crippen molar-refractivity contribution in [3.63, 3.8) is 0 Å². The smallest absolute Gasteiger partial charge is 0.242 e. The van der Waals surface area contributed by atoms with Gasteiger partial charge < -0.3 is 16.4 Å². The summed E-state index contributed by atoms with van der Waals surface area (Å²) >= 11 is 0. The molecule has 0 saturated carbocycles. The van der Waals surface area contributed by atoms with Gasteiger partial charge in [0.2, 0.25) is 5.91 Å². The predicted molar refractivity (Wildman–Crippen MR) is 76.5 cm³/mol. The molecule has 0 saturated heterocycles. The molecule has 19 heavy (non-hydrogen) atoms. The van der Waals surface area contributed by atoms with E-state index in [1.165, 1.54) is 5.56 Å². The van der Waals surface area contributed by atoms with Crippen LogP contribution in [0.1, 0.15) is 5.56 Å². The van der Waals surface area contributed by atoms with E-state index in [4.69, 9.17) is 12.2 Å². The molecule has 0 unspecified atom stereocenters. The maximum absolute atomic E-state index is 11.2. The van der Waals surface area contributed by atoms with Crippen molar-refractivity contribution >= 4 is 11.9 Å². The monoisotopic (exact) mass is 258 g/mol. The van der Waals surface area contributed by atoms with Gasteiger partial charge in [0.1, 0.15) is 6.54 Å². The second-order valence-corrected chi connectivity index (χ2v) is 3.84. The topological polar surface area (TPSA) is 79.5 Å². The first kappa shape index (κ1) is 14.6. The Bertz CT molecular complexity index is 462. The van der Waals surface area contributed by atoms with E-state index in [-0.39, 0.29) is 25.0 Å². The third kappa shape index (κ3) is 6.74. The molecule has 0 aliphatic rings. The highest BCUT2D eigenvalue weighted by Gasteiger charge is 1.98. The Hall–Kier alpha value is -2.48. The summed E-state index contributed by atoms with van der Waals surface area (Å²) in [4.78, 5) is 15.1. The van der Waals surface area contributed by atoms with E-state index in [1.807, 2.05) is 30.3 Å². The summed E-state index contributed by atoms with van der Waals surface area (Å²) in [6.07, 6.45) is 5.86. The van der Waals surface area contributed by atoms with E-state index in [9.17, 15) is 4.79 Å². The van der Waals surface area contributed by atoms with Crippen LogP contribution in [-0.4, -0.2) is 31.5 Å². The lowest BCUT2D eigenvalue weighted by Crippen LogP contribution is -2.35. The average Bonchev–Trinajstić information content (AvgIpc) is 2.44. The Kier molecular flexibility index (Phi) is 6.59. The summed E-state index contributed by atoms with van der Waals surface area (Å²) in [7, 11) is 0. The van der Waals surface area contributed by atoms with Crippen LogP contribution in [0.5, 0.6) is 0 Å². The number of nitrogens with zero attached hydrogens (tertiary/aromatic N) is 1. The molecular weight excluding hydrogens is 240 g/mol. The summed E-state index contributed by atoms with van der Waals surface area (Å²) in [5.74, 6) is 2.32. The van der Waals surface area contributed by atoms with Crippen molar-refractivity contribution in [2.24, 2.45) is 10.7 Å². The van der Waals surface area contributed by atoms with Crippen molar-refractivity contribution in [1.29, 1.82) is 0 Å². The molecule has 0 fully saturated rings. The summed E-state index contributed by atoms with van der Waals surface area (Å²) in [6, 6.07) is 10.0. The van der Waals surface area contributed by atoms with Gasteiger partial charge in [0.05, 0.1) is 6.54 Å². The molecule has 0 radical (unpaired) electrons. The average molecular weight is 258 g/mol. The van der Waals surface area contributed by atoms with E-state index in [0.29, 0.717) is 6.54 Å². The Morgan fingerprint density at radius 2 is 2.05 bits per heavy atom. The summed E-state index contributed by atoms with van der Waals surface area (Å²) < 4.78 is 0. The minimum absolute atomic E-state index is 0.0220. The van der Waals surface area contributed by atoms with Gasteiger partial charge in [-0.25, -0.2) is 4.99 Å². The molecule has 0 aliphatic carbocycles. The van der Waals surface area contributed by atoms with Gasteiger partial charge in [0.15, 0.2) is 5.96 Å². The lowest BCUT2D eigenvalue weighted by molar-refractivity contribution is -0.119. The quantitative estimate of drug-likeness (QED) is 0.378. The molecule has 0 aromatic heterocycles. The van der Waals surface area contributed by atoms with Crippen LogP contribution in [0.25, 0.3) is 0 Å². The number of carbonyl (C=O) groups excluding carboxylic acids is 1. The highest BCUT2D eigenvalue weighted by molar-refractivity contribution is 5.84. The van der Waals surface area contributed by atoms with Gasteiger partial charge >= 0.3 is 0 Å². The fraction of sp³-hybridized carbons (Fsp3) is 0.286. The van der Waals surface area contributed by atoms with Gasteiger partial charge in [-0.1, -0.05) is 36.3 Å². The van der Waals surface area contributed by atoms with Crippen LogP contribution in [0.2, 0.25) is 0 Å². The van der Waals surface area contributed by atoms with Gasteiger partial charge in [0.25, 0.3) is 0 Å². The number of benzene rings is 1. The highest BCUT2D eigenvalue weighted by Crippen LogP contribution is 1.97. The van der Waals surface area contributed by atoms with Crippen LogP contribution < -0.4 is 16.4 Å². The highest BCUT2D eigenvalue weighted by atomic mass is 16.1. The van der Waals surface area contributed by atoms with Crippen LogP contribution in [0, 0.1) is 12.3 Å². The van der Waals surface area contributed by atoms with Crippen LogP contribution >= 0.6 is 0 Å². The minimum atomic E-state index is -0.245. The Balaban J connectivity index is 2.22. The molecule has 4 N–H and O–H groups in total. The molecular formula is C14H18N4O. The van der Waals surface area contributed by atoms with E-state index < -0.39 is 0 Å². The predicted octanol–water partition coefficient (Wildman–Crippen LogP) is -0.117. The number of rotatable bonds is 6. The lowest BCUT2D eigenvalue weighted by Gasteiger charge is -2.05. The van der Waals surface area contributed by atoms with Crippen molar-refractivity contribution in [3.05, 3.63) is 35.9 Å². The first-order valence-corrected chi connectivity index (χ1v) is 6.00. The molecule has 0 heterocycles. The summed E-state index contributed by atoms with van der Waals surface area (Å²) in [5, 5.41) is 5.45. The third-order valence-electron chi connectivity index (χ3n) is 2.34. The van der Waals surface area contributed by atoms with Crippen molar-refractivity contribution in [1.82, 2.24) is 10.6 Å². The first-order valence-electron chi connectivity index (χ1n) is 6.00.